The second kappa shape index (κ2) is 40.2. The quantitative estimate of drug-likeness (QED) is 0.0423. The Morgan fingerprint density at radius 3 is 1.03 bits per heavy atom. The van der Waals surface area contributed by atoms with Crippen molar-refractivity contribution in [2.45, 2.75) is 178 Å². The van der Waals surface area contributed by atoms with Gasteiger partial charge in [-0.15, -0.1) is 0 Å². The van der Waals surface area contributed by atoms with Crippen LogP contribution in [0.2, 0.25) is 0 Å². The van der Waals surface area contributed by atoms with Gasteiger partial charge in [-0.1, -0.05) is 121 Å². The topological polar surface area (TPSA) is 412 Å². The first kappa shape index (κ1) is 84.1. The molecule has 4 saturated heterocycles. The van der Waals surface area contributed by atoms with E-state index in [1.165, 1.54) is 97.1 Å². The van der Waals surface area contributed by atoms with Crippen molar-refractivity contribution >= 4 is 71.6 Å². The second-order valence-electron chi connectivity index (χ2n) is 26.0. The zero-order valence-corrected chi connectivity index (χ0v) is 62.0. The smallest absolute Gasteiger partial charge is 0.338 e. The van der Waals surface area contributed by atoms with E-state index in [1.54, 1.807) is 84.9 Å². The Bertz CT molecular complexity index is 4240. The number of nitrogens with one attached hydrogen (secondary N) is 1. The second-order valence-corrected chi connectivity index (χ2v) is 26.0. The van der Waals surface area contributed by atoms with Crippen molar-refractivity contribution in [3.63, 3.8) is 0 Å². The molecule has 10 rings (SSSR count). The molecule has 6 aromatic rings. The minimum absolute atomic E-state index is 0.00760. The molecule has 0 saturated carbocycles. The maximum atomic E-state index is 15.1. The molecule has 4 aliphatic heterocycles. The van der Waals surface area contributed by atoms with E-state index >= 15 is 4.79 Å². The maximum absolute atomic E-state index is 15.1. The number of hydrogen-bond acceptors (Lipinski definition) is 32. The summed E-state index contributed by atoms with van der Waals surface area (Å²) in [5.74, 6) is -12.2. The van der Waals surface area contributed by atoms with Gasteiger partial charge >= 0.3 is 65.7 Å². The molecule has 33 heteroatoms. The molecule has 4 heterocycles. The van der Waals surface area contributed by atoms with Crippen molar-refractivity contribution in [3.8, 4) is 0 Å². The van der Waals surface area contributed by atoms with E-state index in [1.807, 2.05) is 0 Å². The molecule has 6 aromatic carbocycles. The Morgan fingerprint density at radius 1 is 0.301 bits per heavy atom. The third-order valence-corrected chi connectivity index (χ3v) is 17.6. The molecular formula is C80H83NO32. The first-order valence-electron chi connectivity index (χ1n) is 35.7. The number of carbonyl (C=O) groups is 12. The number of amides is 1. The Labute approximate surface area is 646 Å². The molecule has 4 aliphatic rings. The average Bonchev–Trinajstić information content (AvgIpc) is 0.761. The van der Waals surface area contributed by atoms with Crippen LogP contribution in [-0.2, 0) is 130 Å². The van der Waals surface area contributed by atoms with Crippen molar-refractivity contribution in [2.75, 3.05) is 26.4 Å². The fourth-order valence-electron chi connectivity index (χ4n) is 12.7. The first-order valence-corrected chi connectivity index (χ1v) is 35.7. The number of ether oxygens (including phenoxy) is 19. The van der Waals surface area contributed by atoms with Crippen LogP contribution in [0.3, 0.4) is 0 Å². The van der Waals surface area contributed by atoms with Crippen molar-refractivity contribution < 1.29 is 153 Å². The van der Waals surface area contributed by atoms with Crippen LogP contribution in [-0.4, -0.2) is 226 Å². The summed E-state index contributed by atoms with van der Waals surface area (Å²) in [4.78, 5) is 165. The van der Waals surface area contributed by atoms with Gasteiger partial charge in [-0.2, -0.15) is 0 Å². The molecule has 113 heavy (non-hydrogen) atoms. The van der Waals surface area contributed by atoms with Gasteiger partial charge in [0.2, 0.25) is 5.91 Å². The van der Waals surface area contributed by atoms with Crippen molar-refractivity contribution in [2.24, 2.45) is 0 Å². The van der Waals surface area contributed by atoms with E-state index < -0.39 is 221 Å². The number of rotatable bonds is 30. The largest absolute Gasteiger partial charge is 0.463 e. The summed E-state index contributed by atoms with van der Waals surface area (Å²) >= 11 is 0. The van der Waals surface area contributed by atoms with E-state index in [9.17, 15) is 57.8 Å². The number of hydrogen-bond donors (Lipinski definition) is 2. The van der Waals surface area contributed by atoms with Crippen molar-refractivity contribution in [1.82, 2.24) is 5.32 Å². The van der Waals surface area contributed by atoms with Gasteiger partial charge in [-0.25, -0.2) is 24.0 Å². The van der Waals surface area contributed by atoms with Crippen LogP contribution in [0.4, 0.5) is 0 Å². The lowest BCUT2D eigenvalue weighted by molar-refractivity contribution is -0.380. The minimum atomic E-state index is -2.31. The predicted molar refractivity (Wildman–Crippen MR) is 380 cm³/mol. The monoisotopic (exact) mass is 1570 g/mol. The number of esters is 11. The van der Waals surface area contributed by atoms with Gasteiger partial charge < -0.3 is 100 Å². The van der Waals surface area contributed by atoms with Crippen LogP contribution < -0.4 is 5.32 Å². The summed E-state index contributed by atoms with van der Waals surface area (Å²) in [6, 6.07) is 44.3. The van der Waals surface area contributed by atoms with E-state index in [4.69, 9.17) is 90.0 Å². The first-order chi connectivity index (χ1) is 54.3. The van der Waals surface area contributed by atoms with Gasteiger partial charge in [0.15, 0.2) is 67.9 Å². The normalized spacial score (nSPS) is 27.2. The van der Waals surface area contributed by atoms with Gasteiger partial charge in [0.1, 0.15) is 81.3 Å². The highest BCUT2D eigenvalue weighted by atomic mass is 16.8. The zero-order valence-electron chi connectivity index (χ0n) is 62.0. The van der Waals surface area contributed by atoms with Crippen LogP contribution in [0.1, 0.15) is 106 Å². The molecule has 0 radical (unpaired) electrons. The molecule has 2 N–H and O–H groups in total. The standard InChI is InChI=1S/C80H83NO32/c1-43(82)81-60-65(101-47(5)86)62(111-80-71(103-49(7)88)67(102-48(6)87)63(100-46(4)85)58(107-80)41-96-45(3)84)57(40-95-44(2)83)105-77(60)113-66-61(89)56(39-97-72(90)51-28-16-9-17-29-51)104-79(69(66)109-75(93)54-34-22-12-23-35-54)112-64-59(42-98-73(91)52-30-18-10-19-31-52)106-78(99-38-50-26-14-8-15-27-50)70(110-76(94)55-36-24-13-25-37-55)68(64)108-74(92)53-32-20-11-21-33-53/h8-37,56-71,77-80,89H,38-42H2,1-7H3,(H,81,82). The third kappa shape index (κ3) is 23.1. The summed E-state index contributed by atoms with van der Waals surface area (Å²) in [6.07, 6.45) is -38.0. The summed E-state index contributed by atoms with van der Waals surface area (Å²) in [5.41, 5.74) is 0.391. The Balaban J connectivity index is 1.14. The van der Waals surface area contributed by atoms with Crippen LogP contribution in [0.15, 0.2) is 182 Å². The Kier molecular flexibility index (Phi) is 29.9. The SMILES string of the molecule is CC(=O)NC1C(OC2C(O)C(COC(=O)c3ccccc3)OC(OC3C(COC(=O)c4ccccc4)OC(OCc4ccccc4)C(OC(=O)c4ccccc4)C3OC(=O)c3ccccc3)C2OC(=O)c2ccccc2)OC(COC(C)=O)C(OC2OC(COC(C)=O)C(OC(C)=O)C(OC(C)=O)C2OC(C)=O)C1OC(C)=O. The highest BCUT2D eigenvalue weighted by Gasteiger charge is 2.61. The highest BCUT2D eigenvalue weighted by Crippen LogP contribution is 2.40. The van der Waals surface area contributed by atoms with Crippen LogP contribution in [0.25, 0.3) is 0 Å². The molecule has 20 unspecified atom stereocenters. The van der Waals surface area contributed by atoms with Gasteiger partial charge in [-0.3, -0.25) is 33.6 Å². The summed E-state index contributed by atoms with van der Waals surface area (Å²) in [7, 11) is 0. The average molecular weight is 1570 g/mol. The predicted octanol–water partition coefficient (Wildman–Crippen LogP) is 5.37. The van der Waals surface area contributed by atoms with Gasteiger partial charge in [0.25, 0.3) is 0 Å². The molecule has 600 valence electrons. The lowest BCUT2D eigenvalue weighted by Gasteiger charge is -2.51. The molecule has 0 bridgehead atoms. The highest BCUT2D eigenvalue weighted by molar-refractivity contribution is 5.92. The number of aliphatic hydroxyl groups excluding tert-OH is 1. The van der Waals surface area contributed by atoms with Crippen LogP contribution in [0, 0.1) is 0 Å². The number of carbonyl (C=O) groups excluding carboxylic acids is 12. The fourth-order valence-corrected chi connectivity index (χ4v) is 12.7. The third-order valence-electron chi connectivity index (χ3n) is 17.6. The van der Waals surface area contributed by atoms with Gasteiger partial charge in [-0.05, 0) is 66.2 Å². The summed E-state index contributed by atoms with van der Waals surface area (Å²) < 4.78 is 119. The molecular weight excluding hydrogens is 1490 g/mol. The number of benzene rings is 6. The van der Waals surface area contributed by atoms with E-state index in [0.29, 0.717) is 5.56 Å². The Morgan fingerprint density at radius 2 is 0.602 bits per heavy atom. The molecule has 33 nitrogen and oxygen atoms in total. The Hall–Kier alpha value is -11.4. The molecule has 0 spiro atoms. The molecule has 4 fully saturated rings. The fraction of sp³-hybridized carbons (Fsp3) is 0.400. The van der Waals surface area contributed by atoms with Crippen LogP contribution in [0.5, 0.6) is 0 Å². The molecule has 20 atom stereocenters. The van der Waals surface area contributed by atoms with Crippen LogP contribution >= 0.6 is 0 Å². The molecule has 0 aliphatic carbocycles. The lowest BCUT2D eigenvalue weighted by Crippen LogP contribution is -2.71. The van der Waals surface area contributed by atoms with Crippen molar-refractivity contribution in [3.05, 3.63) is 215 Å². The minimum Gasteiger partial charge on any atom is -0.463 e. The lowest BCUT2D eigenvalue weighted by atomic mass is 9.93. The van der Waals surface area contributed by atoms with Gasteiger partial charge in [0.05, 0.1) is 34.4 Å². The zero-order chi connectivity index (χ0) is 80.8. The summed E-state index contributed by atoms with van der Waals surface area (Å²) in [6.45, 7) is 3.18. The van der Waals surface area contributed by atoms with E-state index in [0.717, 1.165) is 48.5 Å². The molecule has 0 aromatic heterocycles. The van der Waals surface area contributed by atoms with E-state index in [2.05, 4.69) is 5.32 Å². The van der Waals surface area contributed by atoms with Crippen molar-refractivity contribution in [1.29, 1.82) is 0 Å². The molecule has 1 amide bonds. The summed E-state index contributed by atoms with van der Waals surface area (Å²) in [5, 5.41) is 15.8. The van der Waals surface area contributed by atoms with Gasteiger partial charge in [0, 0.05) is 48.5 Å². The maximum Gasteiger partial charge on any atom is 0.338 e. The number of aliphatic hydroxyl groups is 1. The van der Waals surface area contributed by atoms with E-state index in [-0.39, 0.29) is 34.4 Å².